The molecule has 3 N–H and O–H groups in total. The summed E-state index contributed by atoms with van der Waals surface area (Å²) < 4.78 is 0. The molecule has 0 atom stereocenters. The number of hydrogen-bond acceptors (Lipinski definition) is 3. The van der Waals surface area contributed by atoms with Crippen LogP contribution in [0.1, 0.15) is 24.8 Å². The van der Waals surface area contributed by atoms with Crippen LogP contribution >= 0.6 is 0 Å². The molecule has 0 spiro atoms. The Hall–Kier alpha value is -1.39. The molecule has 2 aromatic rings. The molecule has 4 nitrogen and oxygen atoms in total. The lowest BCUT2D eigenvalue weighted by Crippen LogP contribution is -2.23. The highest BCUT2D eigenvalue weighted by Crippen LogP contribution is 2.18. The van der Waals surface area contributed by atoms with Crippen molar-refractivity contribution in [2.24, 2.45) is 0 Å². The zero-order valence-corrected chi connectivity index (χ0v) is 10.6. The quantitative estimate of drug-likeness (QED) is 0.651. The van der Waals surface area contributed by atoms with Crippen molar-refractivity contribution < 1.29 is 0 Å². The minimum absolute atomic E-state index is 0.827. The monoisotopic (exact) mass is 244 g/mol. The lowest BCUT2D eigenvalue weighted by atomic mass is 10.1. The lowest BCUT2D eigenvalue weighted by Gasteiger charge is -2.06. The Morgan fingerprint density at radius 1 is 1.28 bits per heavy atom. The molecular formula is C14H20N4. The number of nitrogens with one attached hydrogen (secondary N) is 3. The van der Waals surface area contributed by atoms with E-state index < -0.39 is 0 Å². The zero-order valence-electron chi connectivity index (χ0n) is 10.6. The molecule has 1 saturated carbocycles. The molecule has 1 aliphatic carbocycles. The van der Waals surface area contributed by atoms with Crippen molar-refractivity contribution in [2.45, 2.75) is 31.8 Å². The predicted octanol–water partition coefficient (Wildman–Crippen LogP) is 1.79. The van der Waals surface area contributed by atoms with Gasteiger partial charge < -0.3 is 10.6 Å². The molecule has 0 aliphatic heterocycles. The largest absolute Gasteiger partial charge is 0.314 e. The van der Waals surface area contributed by atoms with Gasteiger partial charge in [-0.2, -0.15) is 5.10 Å². The third-order valence-electron chi connectivity index (χ3n) is 3.38. The van der Waals surface area contributed by atoms with E-state index in [1.54, 1.807) is 0 Å². The average molecular weight is 244 g/mol. The van der Waals surface area contributed by atoms with E-state index in [-0.39, 0.29) is 0 Å². The van der Waals surface area contributed by atoms with Gasteiger partial charge in [0.05, 0.1) is 11.7 Å². The van der Waals surface area contributed by atoms with Crippen LogP contribution < -0.4 is 10.6 Å². The third-order valence-corrected chi connectivity index (χ3v) is 3.38. The summed E-state index contributed by atoms with van der Waals surface area (Å²) >= 11 is 0. The first-order valence-corrected chi connectivity index (χ1v) is 6.78. The molecule has 3 rings (SSSR count). The highest BCUT2D eigenvalue weighted by atomic mass is 15.1. The fraction of sp³-hybridized carbons (Fsp3) is 0.500. The average Bonchev–Trinajstić information content (AvgIpc) is 3.09. The molecule has 1 aromatic carbocycles. The number of fused-ring (bicyclic) bond motifs is 1. The van der Waals surface area contributed by atoms with E-state index in [4.69, 9.17) is 0 Å². The zero-order chi connectivity index (χ0) is 12.2. The molecule has 1 aromatic heterocycles. The summed E-state index contributed by atoms with van der Waals surface area (Å²) in [5.74, 6) is 0. The van der Waals surface area contributed by atoms with Gasteiger partial charge in [0.15, 0.2) is 0 Å². The van der Waals surface area contributed by atoms with Gasteiger partial charge in [-0.15, -0.1) is 0 Å². The maximum Gasteiger partial charge on any atom is 0.0653 e. The highest BCUT2D eigenvalue weighted by molar-refractivity contribution is 5.78. The standard InChI is InChI=1S/C14H20N4/c1(7-16-13-4-5-13)6-15-9-11-2-3-12-10-17-18-14(12)8-11/h2-3,8,10,13,15-16H,1,4-7,9H2,(H,17,18). The predicted molar refractivity (Wildman–Crippen MR) is 73.4 cm³/mol. The van der Waals surface area contributed by atoms with Crippen molar-refractivity contribution in [2.75, 3.05) is 13.1 Å². The van der Waals surface area contributed by atoms with Gasteiger partial charge in [0.25, 0.3) is 0 Å². The number of rotatable bonds is 7. The third kappa shape index (κ3) is 3.09. The van der Waals surface area contributed by atoms with Crippen LogP contribution in [0.15, 0.2) is 24.4 Å². The van der Waals surface area contributed by atoms with E-state index in [9.17, 15) is 0 Å². The van der Waals surface area contributed by atoms with Crippen LogP contribution in [0.4, 0.5) is 0 Å². The fourth-order valence-electron chi connectivity index (χ4n) is 2.13. The molecular weight excluding hydrogens is 224 g/mol. The van der Waals surface area contributed by atoms with Gasteiger partial charge >= 0.3 is 0 Å². The lowest BCUT2D eigenvalue weighted by molar-refractivity contribution is 0.593. The molecule has 96 valence electrons. The highest BCUT2D eigenvalue weighted by Gasteiger charge is 2.19. The van der Waals surface area contributed by atoms with Crippen LogP contribution in [0.5, 0.6) is 0 Å². The van der Waals surface area contributed by atoms with Gasteiger partial charge in [-0.1, -0.05) is 12.1 Å². The number of aromatic amines is 1. The van der Waals surface area contributed by atoms with Crippen molar-refractivity contribution in [1.82, 2.24) is 20.8 Å². The van der Waals surface area contributed by atoms with Crippen molar-refractivity contribution in [3.8, 4) is 0 Å². The SMILES string of the molecule is c1cc2cn[nH]c2cc1CNCCCNC1CC1. The smallest absolute Gasteiger partial charge is 0.0653 e. The van der Waals surface area contributed by atoms with Gasteiger partial charge in [-0.25, -0.2) is 0 Å². The number of nitrogens with zero attached hydrogens (tertiary/aromatic N) is 1. The Morgan fingerprint density at radius 2 is 2.22 bits per heavy atom. The first-order valence-electron chi connectivity index (χ1n) is 6.78. The van der Waals surface area contributed by atoms with Crippen molar-refractivity contribution >= 4 is 10.9 Å². The molecule has 0 amide bonds. The van der Waals surface area contributed by atoms with E-state index in [0.717, 1.165) is 31.2 Å². The number of benzene rings is 1. The maximum absolute atomic E-state index is 4.03. The minimum Gasteiger partial charge on any atom is -0.314 e. The maximum atomic E-state index is 4.03. The van der Waals surface area contributed by atoms with Gasteiger partial charge in [0.1, 0.15) is 0 Å². The van der Waals surface area contributed by atoms with Crippen LogP contribution in [0, 0.1) is 0 Å². The Kier molecular flexibility index (Phi) is 3.57. The van der Waals surface area contributed by atoms with Crippen LogP contribution in [0.25, 0.3) is 10.9 Å². The summed E-state index contributed by atoms with van der Waals surface area (Å²) in [6.07, 6.45) is 5.80. The summed E-state index contributed by atoms with van der Waals surface area (Å²) in [6.45, 7) is 3.14. The molecule has 0 unspecified atom stereocenters. The first-order chi connectivity index (χ1) is 8.92. The van der Waals surface area contributed by atoms with E-state index >= 15 is 0 Å². The van der Waals surface area contributed by atoms with Gasteiger partial charge in [-0.05, 0) is 44.0 Å². The van der Waals surface area contributed by atoms with Crippen LogP contribution in [0.3, 0.4) is 0 Å². The van der Waals surface area contributed by atoms with E-state index in [1.807, 2.05) is 6.20 Å². The summed E-state index contributed by atoms with van der Waals surface area (Å²) in [5.41, 5.74) is 2.42. The molecule has 18 heavy (non-hydrogen) atoms. The fourth-order valence-corrected chi connectivity index (χ4v) is 2.13. The molecule has 4 heteroatoms. The first kappa shape index (κ1) is 11.7. The topological polar surface area (TPSA) is 52.7 Å². The van der Waals surface area contributed by atoms with Crippen LogP contribution in [-0.2, 0) is 6.54 Å². The second-order valence-corrected chi connectivity index (χ2v) is 5.05. The molecule has 0 radical (unpaired) electrons. The summed E-state index contributed by atoms with van der Waals surface area (Å²) in [7, 11) is 0. The number of aromatic nitrogens is 2. The summed E-state index contributed by atoms with van der Waals surface area (Å²) in [4.78, 5) is 0. The normalized spacial score (nSPS) is 15.3. The Morgan fingerprint density at radius 3 is 3.11 bits per heavy atom. The van der Waals surface area contributed by atoms with Gasteiger partial charge in [0.2, 0.25) is 0 Å². The summed E-state index contributed by atoms with van der Waals surface area (Å²) in [6, 6.07) is 7.27. The van der Waals surface area contributed by atoms with Gasteiger partial charge in [-0.3, -0.25) is 5.10 Å². The summed E-state index contributed by atoms with van der Waals surface area (Å²) in [5, 5.41) is 15.2. The molecule has 1 heterocycles. The molecule has 0 bridgehead atoms. The second-order valence-electron chi connectivity index (χ2n) is 5.05. The number of H-pyrrole nitrogens is 1. The molecule has 1 fully saturated rings. The van der Waals surface area contributed by atoms with E-state index in [2.05, 4.69) is 39.0 Å². The van der Waals surface area contributed by atoms with Crippen LogP contribution in [-0.4, -0.2) is 29.3 Å². The van der Waals surface area contributed by atoms with E-state index in [0.29, 0.717) is 0 Å². The van der Waals surface area contributed by atoms with E-state index in [1.165, 1.54) is 30.2 Å². The Balaban J connectivity index is 1.38. The molecule has 0 saturated heterocycles. The number of hydrogen-bond donors (Lipinski definition) is 3. The van der Waals surface area contributed by atoms with Crippen molar-refractivity contribution in [3.63, 3.8) is 0 Å². The van der Waals surface area contributed by atoms with Crippen LogP contribution in [0.2, 0.25) is 0 Å². The second kappa shape index (κ2) is 5.50. The van der Waals surface area contributed by atoms with Gasteiger partial charge in [0, 0.05) is 18.0 Å². The van der Waals surface area contributed by atoms with Crippen molar-refractivity contribution in [1.29, 1.82) is 0 Å². The Labute approximate surface area is 107 Å². The van der Waals surface area contributed by atoms with Crippen molar-refractivity contribution in [3.05, 3.63) is 30.0 Å². The Bertz CT molecular complexity index is 501. The minimum atomic E-state index is 0.827. The molecule has 1 aliphatic rings.